The lowest BCUT2D eigenvalue weighted by Crippen LogP contribution is -2.39. The zero-order valence-electron chi connectivity index (χ0n) is 15.4. The third-order valence-corrected chi connectivity index (χ3v) is 4.65. The van der Waals surface area contributed by atoms with E-state index < -0.39 is 11.8 Å². The van der Waals surface area contributed by atoms with Crippen LogP contribution >= 0.6 is 0 Å². The predicted molar refractivity (Wildman–Crippen MR) is 104 cm³/mol. The Balaban J connectivity index is 1.67. The highest BCUT2D eigenvalue weighted by Gasteiger charge is 2.27. The molecule has 27 heavy (non-hydrogen) atoms. The Labute approximate surface area is 159 Å². The molecule has 0 saturated heterocycles. The summed E-state index contributed by atoms with van der Waals surface area (Å²) in [6.45, 7) is 2.54. The fourth-order valence-electron chi connectivity index (χ4n) is 3.28. The molecule has 0 spiro atoms. The van der Waals surface area contributed by atoms with Crippen molar-refractivity contribution in [2.24, 2.45) is 5.73 Å². The van der Waals surface area contributed by atoms with Gasteiger partial charge in [-0.05, 0) is 42.5 Å². The van der Waals surface area contributed by atoms with E-state index in [9.17, 15) is 9.59 Å². The van der Waals surface area contributed by atoms with Gasteiger partial charge in [0.25, 0.3) is 0 Å². The van der Waals surface area contributed by atoms with Crippen molar-refractivity contribution < 1.29 is 14.3 Å². The van der Waals surface area contributed by atoms with Crippen molar-refractivity contribution in [2.75, 3.05) is 11.9 Å². The van der Waals surface area contributed by atoms with Gasteiger partial charge < -0.3 is 21.1 Å². The topological polar surface area (TPSA) is 93.4 Å². The summed E-state index contributed by atoms with van der Waals surface area (Å²) in [5.41, 5.74) is 8.63. The van der Waals surface area contributed by atoms with Gasteiger partial charge in [0, 0.05) is 6.04 Å². The van der Waals surface area contributed by atoms with Crippen LogP contribution in [0.15, 0.2) is 48.5 Å². The van der Waals surface area contributed by atoms with Crippen LogP contribution in [0.5, 0.6) is 5.75 Å². The lowest BCUT2D eigenvalue weighted by molar-refractivity contribution is -0.136. The van der Waals surface area contributed by atoms with E-state index in [0.29, 0.717) is 24.5 Å². The van der Waals surface area contributed by atoms with Crippen LogP contribution in [-0.4, -0.2) is 18.4 Å². The summed E-state index contributed by atoms with van der Waals surface area (Å²) >= 11 is 0. The van der Waals surface area contributed by atoms with E-state index in [4.69, 9.17) is 10.5 Å². The molecule has 1 aliphatic rings. The first-order valence-electron chi connectivity index (χ1n) is 9.28. The minimum atomic E-state index is -0.713. The van der Waals surface area contributed by atoms with Crippen LogP contribution in [0.2, 0.25) is 0 Å². The van der Waals surface area contributed by atoms with Crippen molar-refractivity contribution in [3.8, 4) is 5.75 Å². The van der Waals surface area contributed by atoms with Gasteiger partial charge in [-0.25, -0.2) is 0 Å². The number of carbonyl (C=O) groups excluding carboxylic acids is 2. The van der Waals surface area contributed by atoms with Gasteiger partial charge in [-0.1, -0.05) is 43.3 Å². The normalized spacial score (nSPS) is 18.3. The van der Waals surface area contributed by atoms with Crippen molar-refractivity contribution in [1.82, 2.24) is 5.32 Å². The molecular formula is C21H25N3O3. The first-order chi connectivity index (χ1) is 13.1. The molecule has 6 heteroatoms. The standard InChI is InChI=1S/C21H25N3O3/c1-2-13-27-19-10-6-5-9-18(19)24-21(26)20(25)23-17-12-11-16(22)14-7-3-4-8-15(14)17/h3-10,16-17H,2,11-13,22H2,1H3,(H,23,25)(H,24,26). The molecule has 6 nitrogen and oxygen atoms in total. The number of hydrogen-bond acceptors (Lipinski definition) is 4. The maximum atomic E-state index is 12.4. The summed E-state index contributed by atoms with van der Waals surface area (Å²) in [5.74, 6) is -0.833. The average Bonchev–Trinajstić information content (AvgIpc) is 2.69. The van der Waals surface area contributed by atoms with E-state index in [1.165, 1.54) is 0 Å². The fraction of sp³-hybridized carbons (Fsp3) is 0.333. The van der Waals surface area contributed by atoms with E-state index in [0.717, 1.165) is 24.0 Å². The highest BCUT2D eigenvalue weighted by Crippen LogP contribution is 2.34. The van der Waals surface area contributed by atoms with Crippen molar-refractivity contribution in [3.05, 3.63) is 59.7 Å². The second kappa shape index (κ2) is 8.68. The molecular weight excluding hydrogens is 342 g/mol. The van der Waals surface area contributed by atoms with Crippen LogP contribution in [0.3, 0.4) is 0 Å². The van der Waals surface area contributed by atoms with Crippen molar-refractivity contribution in [2.45, 2.75) is 38.3 Å². The zero-order chi connectivity index (χ0) is 19.2. The van der Waals surface area contributed by atoms with Crippen LogP contribution in [0.4, 0.5) is 5.69 Å². The smallest absolute Gasteiger partial charge is 0.313 e. The molecule has 2 atom stereocenters. The lowest BCUT2D eigenvalue weighted by Gasteiger charge is -2.30. The average molecular weight is 367 g/mol. The summed E-state index contributed by atoms with van der Waals surface area (Å²) < 4.78 is 5.61. The Kier molecular flexibility index (Phi) is 6.08. The molecule has 0 aromatic heterocycles. The van der Waals surface area contributed by atoms with Crippen LogP contribution in [0.25, 0.3) is 0 Å². The highest BCUT2D eigenvalue weighted by molar-refractivity contribution is 6.39. The number of amides is 2. The van der Waals surface area contributed by atoms with Gasteiger partial charge in [0.05, 0.1) is 18.3 Å². The molecule has 4 N–H and O–H groups in total. The molecule has 0 aliphatic heterocycles. The molecule has 2 unspecified atom stereocenters. The molecule has 2 amide bonds. The van der Waals surface area contributed by atoms with E-state index in [2.05, 4.69) is 10.6 Å². The maximum absolute atomic E-state index is 12.4. The molecule has 0 radical (unpaired) electrons. The quantitative estimate of drug-likeness (QED) is 0.708. The number of anilines is 1. The van der Waals surface area contributed by atoms with Crippen molar-refractivity contribution in [3.63, 3.8) is 0 Å². The molecule has 0 bridgehead atoms. The van der Waals surface area contributed by atoms with Gasteiger partial charge in [0.2, 0.25) is 0 Å². The number of nitrogens with one attached hydrogen (secondary N) is 2. The molecule has 0 fully saturated rings. The summed E-state index contributed by atoms with van der Waals surface area (Å²) in [6.07, 6.45) is 2.32. The number of nitrogens with two attached hydrogens (primary N) is 1. The van der Waals surface area contributed by atoms with Crippen molar-refractivity contribution in [1.29, 1.82) is 0 Å². The molecule has 0 heterocycles. The van der Waals surface area contributed by atoms with E-state index in [1.54, 1.807) is 18.2 Å². The molecule has 2 aromatic carbocycles. The minimum Gasteiger partial charge on any atom is -0.491 e. The number of fused-ring (bicyclic) bond motifs is 1. The fourth-order valence-corrected chi connectivity index (χ4v) is 3.28. The van der Waals surface area contributed by atoms with Crippen LogP contribution < -0.4 is 21.1 Å². The maximum Gasteiger partial charge on any atom is 0.313 e. The van der Waals surface area contributed by atoms with Crippen LogP contribution in [-0.2, 0) is 9.59 Å². The number of carbonyl (C=O) groups is 2. The number of rotatable bonds is 5. The van der Waals surface area contributed by atoms with E-state index >= 15 is 0 Å². The van der Waals surface area contributed by atoms with E-state index in [1.807, 2.05) is 37.3 Å². The second-order valence-corrected chi connectivity index (χ2v) is 6.64. The number of para-hydroxylation sites is 2. The SMILES string of the molecule is CCCOc1ccccc1NC(=O)C(=O)NC1CCC(N)c2ccccc21. The van der Waals surface area contributed by atoms with E-state index in [-0.39, 0.29) is 12.1 Å². The van der Waals surface area contributed by atoms with Gasteiger partial charge >= 0.3 is 11.8 Å². The van der Waals surface area contributed by atoms with Gasteiger partial charge in [0.1, 0.15) is 5.75 Å². The molecule has 3 rings (SSSR count). The van der Waals surface area contributed by atoms with Gasteiger partial charge in [-0.2, -0.15) is 0 Å². The lowest BCUT2D eigenvalue weighted by atomic mass is 9.84. The Bertz CT molecular complexity index is 822. The molecule has 0 saturated carbocycles. The summed E-state index contributed by atoms with van der Waals surface area (Å²) in [7, 11) is 0. The van der Waals surface area contributed by atoms with Crippen LogP contribution in [0, 0.1) is 0 Å². The van der Waals surface area contributed by atoms with Crippen LogP contribution in [0.1, 0.15) is 49.4 Å². The summed E-state index contributed by atoms with van der Waals surface area (Å²) in [4.78, 5) is 24.8. The van der Waals surface area contributed by atoms with Crippen molar-refractivity contribution >= 4 is 17.5 Å². The molecule has 2 aromatic rings. The second-order valence-electron chi connectivity index (χ2n) is 6.64. The highest BCUT2D eigenvalue weighted by atomic mass is 16.5. The minimum absolute atomic E-state index is 0.0363. The predicted octanol–water partition coefficient (Wildman–Crippen LogP) is 3.07. The first-order valence-corrected chi connectivity index (χ1v) is 9.28. The largest absolute Gasteiger partial charge is 0.491 e. The van der Waals surface area contributed by atoms with Gasteiger partial charge in [-0.15, -0.1) is 0 Å². The third kappa shape index (κ3) is 4.46. The monoisotopic (exact) mass is 367 g/mol. The Hall–Kier alpha value is -2.86. The summed E-state index contributed by atoms with van der Waals surface area (Å²) in [5, 5.41) is 5.47. The third-order valence-electron chi connectivity index (χ3n) is 4.65. The Morgan fingerprint density at radius 3 is 2.52 bits per heavy atom. The van der Waals surface area contributed by atoms with Gasteiger partial charge in [0.15, 0.2) is 0 Å². The Morgan fingerprint density at radius 2 is 1.74 bits per heavy atom. The Morgan fingerprint density at radius 1 is 1.04 bits per heavy atom. The molecule has 1 aliphatic carbocycles. The molecule has 142 valence electrons. The number of ether oxygens (including phenoxy) is 1. The zero-order valence-corrected chi connectivity index (χ0v) is 15.4. The summed E-state index contributed by atoms with van der Waals surface area (Å²) in [6, 6.07) is 14.6. The number of benzene rings is 2. The first kappa shape index (κ1) is 18.9. The van der Waals surface area contributed by atoms with Gasteiger partial charge in [-0.3, -0.25) is 9.59 Å². The number of hydrogen-bond donors (Lipinski definition) is 3.